The van der Waals surface area contributed by atoms with Crippen LogP contribution in [0, 0.1) is 0 Å². The number of nitrogens with zero attached hydrogens (tertiary/aromatic N) is 2. The maximum Gasteiger partial charge on any atom is 0.0544 e. The minimum absolute atomic E-state index is 0.581. The lowest BCUT2D eigenvalue weighted by Gasteiger charge is -2.25. The van der Waals surface area contributed by atoms with Crippen molar-refractivity contribution in [2.45, 2.75) is 65.2 Å². The molecule has 0 bridgehead atoms. The second-order valence-corrected chi connectivity index (χ2v) is 5.88. The van der Waals surface area contributed by atoms with Crippen molar-refractivity contribution in [3.05, 3.63) is 29.6 Å². The first-order chi connectivity index (χ1) is 9.19. The standard InChI is InChI=1S/C16H27N3/c1-4-9-19(13(2)3)12-16-6-5-14(11-18-16)10-17-15-7-8-15/h5-6,11,13,15,17H,4,7-10,12H2,1-3H3. The summed E-state index contributed by atoms with van der Waals surface area (Å²) >= 11 is 0. The van der Waals surface area contributed by atoms with Crippen LogP contribution in [0.25, 0.3) is 0 Å². The number of aromatic nitrogens is 1. The van der Waals surface area contributed by atoms with Gasteiger partial charge in [0.2, 0.25) is 0 Å². The fraction of sp³-hybridized carbons (Fsp3) is 0.688. The SMILES string of the molecule is CCCN(Cc1ccc(CNC2CC2)cn1)C(C)C. The Morgan fingerprint density at radius 1 is 1.37 bits per heavy atom. The van der Waals surface area contributed by atoms with E-state index in [1.807, 2.05) is 6.20 Å². The molecule has 19 heavy (non-hydrogen) atoms. The van der Waals surface area contributed by atoms with Crippen molar-refractivity contribution in [1.29, 1.82) is 0 Å². The Kier molecular flexibility index (Phi) is 5.34. The topological polar surface area (TPSA) is 28.2 Å². The highest BCUT2D eigenvalue weighted by Crippen LogP contribution is 2.19. The van der Waals surface area contributed by atoms with E-state index in [1.165, 1.54) is 30.5 Å². The van der Waals surface area contributed by atoms with E-state index in [0.29, 0.717) is 6.04 Å². The molecular formula is C16H27N3. The predicted molar refractivity (Wildman–Crippen MR) is 79.9 cm³/mol. The largest absolute Gasteiger partial charge is 0.310 e. The van der Waals surface area contributed by atoms with E-state index in [0.717, 1.165) is 25.7 Å². The zero-order valence-electron chi connectivity index (χ0n) is 12.5. The Morgan fingerprint density at radius 2 is 2.16 bits per heavy atom. The summed E-state index contributed by atoms with van der Waals surface area (Å²) in [4.78, 5) is 7.08. The Balaban J connectivity index is 1.85. The van der Waals surface area contributed by atoms with Gasteiger partial charge in [-0.25, -0.2) is 0 Å². The normalized spacial score (nSPS) is 15.4. The Morgan fingerprint density at radius 3 is 2.68 bits per heavy atom. The molecule has 0 aromatic carbocycles. The highest BCUT2D eigenvalue weighted by Gasteiger charge is 2.19. The van der Waals surface area contributed by atoms with Gasteiger partial charge >= 0.3 is 0 Å². The summed E-state index contributed by atoms with van der Waals surface area (Å²) in [5.41, 5.74) is 2.47. The minimum atomic E-state index is 0.581. The van der Waals surface area contributed by atoms with E-state index in [-0.39, 0.29) is 0 Å². The fourth-order valence-electron chi connectivity index (χ4n) is 2.22. The molecular weight excluding hydrogens is 234 g/mol. The number of hydrogen-bond donors (Lipinski definition) is 1. The van der Waals surface area contributed by atoms with Crippen LogP contribution >= 0.6 is 0 Å². The molecule has 0 unspecified atom stereocenters. The molecule has 1 aromatic rings. The van der Waals surface area contributed by atoms with Crippen LogP contribution < -0.4 is 5.32 Å². The van der Waals surface area contributed by atoms with Crippen LogP contribution in [0.2, 0.25) is 0 Å². The van der Waals surface area contributed by atoms with Crippen LogP contribution in [0.1, 0.15) is 51.3 Å². The smallest absolute Gasteiger partial charge is 0.0544 e. The van der Waals surface area contributed by atoms with Crippen LogP contribution in [0.3, 0.4) is 0 Å². The van der Waals surface area contributed by atoms with Gasteiger partial charge in [-0.05, 0) is 51.3 Å². The number of hydrogen-bond acceptors (Lipinski definition) is 3. The molecule has 1 fully saturated rings. The van der Waals surface area contributed by atoms with Crippen LogP contribution in [0.15, 0.2) is 18.3 Å². The molecule has 0 spiro atoms. The number of rotatable bonds is 8. The van der Waals surface area contributed by atoms with Crippen molar-refractivity contribution < 1.29 is 0 Å². The van der Waals surface area contributed by atoms with E-state index in [1.54, 1.807) is 0 Å². The summed E-state index contributed by atoms with van der Waals surface area (Å²) < 4.78 is 0. The zero-order valence-corrected chi connectivity index (χ0v) is 12.5. The van der Waals surface area contributed by atoms with E-state index >= 15 is 0 Å². The molecule has 106 valence electrons. The Hall–Kier alpha value is -0.930. The van der Waals surface area contributed by atoms with Gasteiger partial charge in [0.1, 0.15) is 0 Å². The lowest BCUT2D eigenvalue weighted by atomic mass is 10.2. The summed E-state index contributed by atoms with van der Waals surface area (Å²) in [6.45, 7) is 9.80. The highest BCUT2D eigenvalue weighted by atomic mass is 15.1. The fourth-order valence-corrected chi connectivity index (χ4v) is 2.22. The van der Waals surface area contributed by atoms with Gasteiger partial charge in [-0.2, -0.15) is 0 Å². The van der Waals surface area contributed by atoms with Crippen LogP contribution in [-0.2, 0) is 13.1 Å². The van der Waals surface area contributed by atoms with Crippen LogP contribution in [-0.4, -0.2) is 28.5 Å². The van der Waals surface area contributed by atoms with Crippen molar-refractivity contribution in [3.8, 4) is 0 Å². The molecule has 0 radical (unpaired) electrons. The molecule has 1 saturated carbocycles. The minimum Gasteiger partial charge on any atom is -0.310 e. The molecule has 0 saturated heterocycles. The van der Waals surface area contributed by atoms with Crippen molar-refractivity contribution in [2.75, 3.05) is 6.54 Å². The van der Waals surface area contributed by atoms with Gasteiger partial charge in [-0.15, -0.1) is 0 Å². The summed E-state index contributed by atoms with van der Waals surface area (Å²) in [6.07, 6.45) is 5.90. The Bertz CT molecular complexity index is 368. The third-order valence-electron chi connectivity index (χ3n) is 3.66. The average Bonchev–Trinajstić information content (AvgIpc) is 3.21. The van der Waals surface area contributed by atoms with Crippen molar-refractivity contribution >= 4 is 0 Å². The molecule has 1 aromatic heterocycles. The number of nitrogens with one attached hydrogen (secondary N) is 1. The maximum atomic E-state index is 4.60. The first-order valence-electron chi connectivity index (χ1n) is 7.60. The lowest BCUT2D eigenvalue weighted by molar-refractivity contribution is 0.211. The molecule has 1 N–H and O–H groups in total. The predicted octanol–water partition coefficient (Wildman–Crippen LogP) is 2.95. The molecule has 0 amide bonds. The van der Waals surface area contributed by atoms with Crippen molar-refractivity contribution in [3.63, 3.8) is 0 Å². The van der Waals surface area contributed by atoms with Crippen molar-refractivity contribution in [1.82, 2.24) is 15.2 Å². The average molecular weight is 261 g/mol. The van der Waals surface area contributed by atoms with Gasteiger partial charge in [-0.1, -0.05) is 13.0 Å². The molecule has 3 heteroatoms. The van der Waals surface area contributed by atoms with Gasteiger partial charge in [0.05, 0.1) is 5.69 Å². The second kappa shape index (κ2) is 7.01. The van der Waals surface area contributed by atoms with Crippen molar-refractivity contribution in [2.24, 2.45) is 0 Å². The second-order valence-electron chi connectivity index (χ2n) is 5.88. The first kappa shape index (κ1) is 14.5. The maximum absolute atomic E-state index is 4.60. The van der Waals surface area contributed by atoms with Crippen LogP contribution in [0.4, 0.5) is 0 Å². The molecule has 0 aliphatic heterocycles. The summed E-state index contributed by atoms with van der Waals surface area (Å²) in [5, 5.41) is 3.52. The van der Waals surface area contributed by atoms with Gasteiger partial charge < -0.3 is 5.32 Å². The van der Waals surface area contributed by atoms with E-state index in [4.69, 9.17) is 0 Å². The van der Waals surface area contributed by atoms with E-state index < -0.39 is 0 Å². The van der Waals surface area contributed by atoms with Gasteiger partial charge in [-0.3, -0.25) is 9.88 Å². The molecule has 1 aliphatic carbocycles. The van der Waals surface area contributed by atoms with E-state index in [2.05, 4.69) is 48.1 Å². The van der Waals surface area contributed by atoms with E-state index in [9.17, 15) is 0 Å². The van der Waals surface area contributed by atoms with Gasteiger partial charge in [0.25, 0.3) is 0 Å². The highest BCUT2D eigenvalue weighted by molar-refractivity contribution is 5.14. The molecule has 1 heterocycles. The third kappa shape index (κ3) is 4.92. The lowest BCUT2D eigenvalue weighted by Crippen LogP contribution is -2.31. The third-order valence-corrected chi connectivity index (χ3v) is 3.66. The first-order valence-corrected chi connectivity index (χ1v) is 7.60. The summed E-state index contributed by atoms with van der Waals surface area (Å²) in [5.74, 6) is 0. The van der Waals surface area contributed by atoms with Gasteiger partial charge in [0.15, 0.2) is 0 Å². The molecule has 1 aliphatic rings. The quantitative estimate of drug-likeness (QED) is 0.780. The number of pyridine rings is 1. The molecule has 2 rings (SSSR count). The zero-order chi connectivity index (χ0) is 13.7. The van der Waals surface area contributed by atoms with Crippen LogP contribution in [0.5, 0.6) is 0 Å². The molecule has 3 nitrogen and oxygen atoms in total. The van der Waals surface area contributed by atoms with Gasteiger partial charge in [0, 0.05) is 31.4 Å². The summed E-state index contributed by atoms with van der Waals surface area (Å²) in [7, 11) is 0. The Labute approximate surface area is 117 Å². The summed E-state index contributed by atoms with van der Waals surface area (Å²) in [6, 6.07) is 5.73. The molecule has 0 atom stereocenters. The monoisotopic (exact) mass is 261 g/mol.